The number of rotatable bonds is 2. The summed E-state index contributed by atoms with van der Waals surface area (Å²) in [4.78, 5) is 11.7. The highest BCUT2D eigenvalue weighted by Crippen LogP contribution is 2.19. The molecule has 0 saturated carbocycles. The van der Waals surface area contributed by atoms with Gasteiger partial charge in [-0.3, -0.25) is 5.32 Å². The van der Waals surface area contributed by atoms with Gasteiger partial charge in [0.05, 0.1) is 0 Å². The Labute approximate surface area is 111 Å². The van der Waals surface area contributed by atoms with Gasteiger partial charge < -0.3 is 4.74 Å². The highest BCUT2D eigenvalue weighted by Gasteiger charge is 2.10. The number of benzene rings is 2. The molecule has 0 aliphatic rings. The van der Waals surface area contributed by atoms with Gasteiger partial charge in [-0.1, -0.05) is 24.3 Å². The number of hydrogen-bond acceptors (Lipinski definition) is 2. The molecular weight excluding hydrogens is 245 g/mol. The molecule has 2 aromatic carbocycles. The maximum atomic E-state index is 13.3. The maximum Gasteiger partial charge on any atom is 0.417 e. The SMILES string of the molecule is Cc1ccc(C)c(NC(=O)Oc2ccccc2F)c1. The number of aryl methyl sites for hydroxylation is 2. The van der Waals surface area contributed by atoms with Crippen LogP contribution in [0.15, 0.2) is 42.5 Å². The average Bonchev–Trinajstić information content (AvgIpc) is 2.37. The van der Waals surface area contributed by atoms with Crippen molar-refractivity contribution >= 4 is 11.8 Å². The molecule has 2 rings (SSSR count). The Hall–Kier alpha value is -2.36. The third kappa shape index (κ3) is 3.31. The van der Waals surface area contributed by atoms with Crippen molar-refractivity contribution in [2.75, 3.05) is 5.32 Å². The van der Waals surface area contributed by atoms with E-state index in [-0.39, 0.29) is 5.75 Å². The first kappa shape index (κ1) is 13.1. The Kier molecular flexibility index (Phi) is 3.80. The number of para-hydroxylation sites is 1. The van der Waals surface area contributed by atoms with Crippen molar-refractivity contribution in [1.82, 2.24) is 0 Å². The second-order valence-corrected chi connectivity index (χ2v) is 4.26. The molecule has 0 saturated heterocycles. The van der Waals surface area contributed by atoms with Crippen LogP contribution in [-0.2, 0) is 0 Å². The van der Waals surface area contributed by atoms with Crippen molar-refractivity contribution in [3.05, 3.63) is 59.4 Å². The molecule has 0 aliphatic carbocycles. The molecule has 4 heteroatoms. The number of ether oxygens (including phenoxy) is 1. The molecule has 0 spiro atoms. The van der Waals surface area contributed by atoms with Crippen molar-refractivity contribution in [3.8, 4) is 5.75 Å². The fourth-order valence-electron chi connectivity index (χ4n) is 1.63. The van der Waals surface area contributed by atoms with Crippen LogP contribution in [0.3, 0.4) is 0 Å². The number of nitrogens with one attached hydrogen (secondary N) is 1. The topological polar surface area (TPSA) is 38.3 Å². The van der Waals surface area contributed by atoms with Gasteiger partial charge in [-0.2, -0.15) is 0 Å². The fourth-order valence-corrected chi connectivity index (χ4v) is 1.63. The number of halogens is 1. The van der Waals surface area contributed by atoms with Crippen molar-refractivity contribution in [1.29, 1.82) is 0 Å². The van der Waals surface area contributed by atoms with Gasteiger partial charge in [0, 0.05) is 5.69 Å². The van der Waals surface area contributed by atoms with E-state index in [2.05, 4.69) is 5.32 Å². The Morgan fingerprint density at radius 3 is 2.63 bits per heavy atom. The minimum absolute atomic E-state index is 0.0923. The van der Waals surface area contributed by atoms with Crippen LogP contribution in [-0.4, -0.2) is 6.09 Å². The molecule has 1 amide bonds. The predicted molar refractivity (Wildman–Crippen MR) is 72.0 cm³/mol. The van der Waals surface area contributed by atoms with Crippen LogP contribution in [0.25, 0.3) is 0 Å². The largest absolute Gasteiger partial charge is 0.417 e. The second-order valence-electron chi connectivity index (χ2n) is 4.26. The number of amides is 1. The summed E-state index contributed by atoms with van der Waals surface area (Å²) in [5.41, 5.74) is 2.59. The molecule has 0 bridgehead atoms. The molecule has 1 N–H and O–H groups in total. The molecule has 0 aromatic heterocycles. The van der Waals surface area contributed by atoms with Gasteiger partial charge in [0.15, 0.2) is 11.6 Å². The lowest BCUT2D eigenvalue weighted by atomic mass is 10.1. The van der Waals surface area contributed by atoms with E-state index in [1.165, 1.54) is 18.2 Å². The summed E-state index contributed by atoms with van der Waals surface area (Å²) in [5, 5.41) is 2.60. The first-order chi connectivity index (χ1) is 9.06. The first-order valence-corrected chi connectivity index (χ1v) is 5.87. The van der Waals surface area contributed by atoms with Gasteiger partial charge in [-0.25, -0.2) is 9.18 Å². The Balaban J connectivity index is 2.10. The standard InChI is InChI=1S/C15H14FNO2/c1-10-7-8-11(2)13(9-10)17-15(18)19-14-6-4-3-5-12(14)16/h3-9H,1-2H3,(H,17,18). The smallest absolute Gasteiger partial charge is 0.407 e. The number of carbonyl (C=O) groups excluding carboxylic acids is 1. The van der Waals surface area contributed by atoms with Gasteiger partial charge in [-0.05, 0) is 43.2 Å². The van der Waals surface area contributed by atoms with Crippen LogP contribution in [0, 0.1) is 19.7 Å². The zero-order valence-electron chi connectivity index (χ0n) is 10.7. The van der Waals surface area contributed by atoms with E-state index >= 15 is 0 Å². The van der Waals surface area contributed by atoms with Gasteiger partial charge >= 0.3 is 6.09 Å². The third-order valence-corrected chi connectivity index (χ3v) is 2.67. The fraction of sp³-hybridized carbons (Fsp3) is 0.133. The summed E-state index contributed by atoms with van der Waals surface area (Å²) >= 11 is 0. The maximum absolute atomic E-state index is 13.3. The van der Waals surface area contributed by atoms with Crippen molar-refractivity contribution < 1.29 is 13.9 Å². The Bertz CT molecular complexity index is 611. The van der Waals surface area contributed by atoms with E-state index in [0.29, 0.717) is 5.69 Å². The normalized spacial score (nSPS) is 10.1. The zero-order chi connectivity index (χ0) is 13.8. The minimum Gasteiger partial charge on any atom is -0.407 e. The molecule has 19 heavy (non-hydrogen) atoms. The molecule has 0 fully saturated rings. The highest BCUT2D eigenvalue weighted by atomic mass is 19.1. The summed E-state index contributed by atoms with van der Waals surface area (Å²) in [6.07, 6.45) is -0.709. The quantitative estimate of drug-likeness (QED) is 0.883. The Morgan fingerprint density at radius 2 is 1.89 bits per heavy atom. The lowest BCUT2D eigenvalue weighted by Crippen LogP contribution is -2.18. The first-order valence-electron chi connectivity index (χ1n) is 5.87. The molecule has 98 valence electrons. The summed E-state index contributed by atoms with van der Waals surface area (Å²) in [6, 6.07) is 11.4. The molecule has 0 heterocycles. The number of carbonyl (C=O) groups is 1. The third-order valence-electron chi connectivity index (χ3n) is 2.67. The molecular formula is C15H14FNO2. The van der Waals surface area contributed by atoms with Crippen LogP contribution in [0.1, 0.15) is 11.1 Å². The Morgan fingerprint density at radius 1 is 1.16 bits per heavy atom. The lowest BCUT2D eigenvalue weighted by molar-refractivity contribution is 0.213. The van der Waals surface area contributed by atoms with Crippen molar-refractivity contribution in [2.24, 2.45) is 0 Å². The lowest BCUT2D eigenvalue weighted by Gasteiger charge is -2.10. The van der Waals surface area contributed by atoms with Gasteiger partial charge in [0.2, 0.25) is 0 Å². The summed E-state index contributed by atoms with van der Waals surface area (Å²) in [7, 11) is 0. The van der Waals surface area contributed by atoms with E-state index in [0.717, 1.165) is 11.1 Å². The molecule has 3 nitrogen and oxygen atoms in total. The number of hydrogen-bond donors (Lipinski definition) is 1. The molecule has 0 unspecified atom stereocenters. The van der Waals surface area contributed by atoms with Crippen LogP contribution in [0.2, 0.25) is 0 Å². The summed E-state index contributed by atoms with van der Waals surface area (Å²) in [6.45, 7) is 3.80. The summed E-state index contributed by atoms with van der Waals surface area (Å²) in [5.74, 6) is -0.663. The van der Waals surface area contributed by atoms with E-state index < -0.39 is 11.9 Å². The highest BCUT2D eigenvalue weighted by molar-refractivity contribution is 5.87. The molecule has 0 radical (unpaired) electrons. The van der Waals surface area contributed by atoms with Gasteiger partial charge in [0.25, 0.3) is 0 Å². The van der Waals surface area contributed by atoms with Crippen LogP contribution < -0.4 is 10.1 Å². The van der Waals surface area contributed by atoms with Crippen molar-refractivity contribution in [3.63, 3.8) is 0 Å². The predicted octanol–water partition coefficient (Wildman–Crippen LogP) is 4.05. The minimum atomic E-state index is -0.709. The second kappa shape index (κ2) is 5.52. The molecule has 2 aromatic rings. The van der Waals surface area contributed by atoms with Gasteiger partial charge in [-0.15, -0.1) is 0 Å². The van der Waals surface area contributed by atoms with Crippen LogP contribution in [0.4, 0.5) is 14.9 Å². The number of anilines is 1. The van der Waals surface area contributed by atoms with E-state index in [1.54, 1.807) is 6.07 Å². The van der Waals surface area contributed by atoms with Crippen molar-refractivity contribution in [2.45, 2.75) is 13.8 Å². The van der Waals surface area contributed by atoms with Crippen LogP contribution in [0.5, 0.6) is 5.75 Å². The summed E-state index contributed by atoms with van der Waals surface area (Å²) < 4.78 is 18.2. The van der Waals surface area contributed by atoms with E-state index in [1.807, 2.05) is 32.0 Å². The van der Waals surface area contributed by atoms with E-state index in [4.69, 9.17) is 4.74 Å². The van der Waals surface area contributed by atoms with E-state index in [9.17, 15) is 9.18 Å². The molecule has 0 atom stereocenters. The van der Waals surface area contributed by atoms with Crippen LogP contribution >= 0.6 is 0 Å². The average molecular weight is 259 g/mol. The monoisotopic (exact) mass is 259 g/mol. The van der Waals surface area contributed by atoms with Gasteiger partial charge in [0.1, 0.15) is 0 Å². The molecule has 0 aliphatic heterocycles. The zero-order valence-corrected chi connectivity index (χ0v) is 10.7.